The van der Waals surface area contributed by atoms with Gasteiger partial charge < -0.3 is 21.1 Å². The summed E-state index contributed by atoms with van der Waals surface area (Å²) in [5.41, 5.74) is 6.22. The van der Waals surface area contributed by atoms with Crippen molar-refractivity contribution in [1.29, 1.82) is 0 Å². The van der Waals surface area contributed by atoms with Crippen molar-refractivity contribution in [2.24, 2.45) is 16.6 Å². The molecule has 6 heteroatoms. The van der Waals surface area contributed by atoms with Crippen molar-refractivity contribution in [1.82, 2.24) is 10.6 Å². The van der Waals surface area contributed by atoms with Crippen molar-refractivity contribution in [2.45, 2.75) is 26.7 Å². The number of aliphatic imine (C=N–C) groups is 1. The quantitative estimate of drug-likeness (QED) is 0.473. The molecule has 0 atom stereocenters. The maximum absolute atomic E-state index is 10.7. The van der Waals surface area contributed by atoms with Gasteiger partial charge in [-0.1, -0.05) is 26.0 Å². The molecule has 0 heterocycles. The highest BCUT2D eigenvalue weighted by molar-refractivity contribution is 5.79. The minimum Gasteiger partial charge on any atom is -0.484 e. The number of nitrogens with zero attached hydrogens (tertiary/aromatic N) is 1. The smallest absolute Gasteiger partial charge is 0.255 e. The zero-order valence-electron chi connectivity index (χ0n) is 14.3. The van der Waals surface area contributed by atoms with Crippen molar-refractivity contribution in [3.05, 3.63) is 29.8 Å². The van der Waals surface area contributed by atoms with Gasteiger partial charge >= 0.3 is 0 Å². The van der Waals surface area contributed by atoms with Crippen LogP contribution in [0, 0.1) is 5.92 Å². The first-order chi connectivity index (χ1) is 11.0. The van der Waals surface area contributed by atoms with E-state index >= 15 is 0 Å². The highest BCUT2D eigenvalue weighted by atomic mass is 16.5. The van der Waals surface area contributed by atoms with Gasteiger partial charge in [0.25, 0.3) is 5.91 Å². The van der Waals surface area contributed by atoms with Crippen LogP contribution in [0.15, 0.2) is 29.3 Å². The number of amides is 1. The fourth-order valence-electron chi connectivity index (χ4n) is 1.93. The molecule has 6 nitrogen and oxygen atoms in total. The Bertz CT molecular complexity index is 498. The van der Waals surface area contributed by atoms with E-state index in [1.807, 2.05) is 24.3 Å². The average Bonchev–Trinajstić information content (AvgIpc) is 2.52. The second kappa shape index (κ2) is 10.5. The predicted molar refractivity (Wildman–Crippen MR) is 93.7 cm³/mol. The monoisotopic (exact) mass is 320 g/mol. The Labute approximate surface area is 138 Å². The lowest BCUT2D eigenvalue weighted by Gasteiger charge is -2.13. The first kappa shape index (κ1) is 18.8. The SMILES string of the molecule is CN=C(NCCc1ccc(OCC(N)=O)cc1)NCCC(C)C. The van der Waals surface area contributed by atoms with Crippen LogP contribution in [0.4, 0.5) is 0 Å². The van der Waals surface area contributed by atoms with E-state index in [2.05, 4.69) is 29.5 Å². The molecule has 1 amide bonds. The van der Waals surface area contributed by atoms with Gasteiger partial charge in [-0.25, -0.2) is 0 Å². The van der Waals surface area contributed by atoms with Crippen LogP contribution in [0.5, 0.6) is 5.75 Å². The van der Waals surface area contributed by atoms with Gasteiger partial charge in [0.1, 0.15) is 5.75 Å². The number of primary amides is 1. The molecule has 0 aromatic heterocycles. The number of nitrogens with two attached hydrogens (primary N) is 1. The van der Waals surface area contributed by atoms with Gasteiger partial charge in [-0.05, 0) is 36.5 Å². The topological polar surface area (TPSA) is 88.7 Å². The minimum absolute atomic E-state index is 0.0979. The van der Waals surface area contributed by atoms with Crippen LogP contribution in [0.1, 0.15) is 25.8 Å². The lowest BCUT2D eigenvalue weighted by Crippen LogP contribution is -2.39. The van der Waals surface area contributed by atoms with Crippen LogP contribution in [0.3, 0.4) is 0 Å². The zero-order valence-corrected chi connectivity index (χ0v) is 14.3. The third-order valence-corrected chi connectivity index (χ3v) is 3.25. The average molecular weight is 320 g/mol. The Balaban J connectivity index is 2.30. The number of hydrogen-bond donors (Lipinski definition) is 3. The van der Waals surface area contributed by atoms with Crippen LogP contribution in [-0.2, 0) is 11.2 Å². The summed E-state index contributed by atoms with van der Waals surface area (Å²) < 4.78 is 5.23. The zero-order chi connectivity index (χ0) is 17.1. The number of carbonyl (C=O) groups excluding carboxylic acids is 1. The number of guanidine groups is 1. The molecule has 0 bridgehead atoms. The number of hydrogen-bond acceptors (Lipinski definition) is 3. The fourth-order valence-corrected chi connectivity index (χ4v) is 1.93. The Morgan fingerprint density at radius 1 is 1.22 bits per heavy atom. The van der Waals surface area contributed by atoms with Crippen LogP contribution in [0.2, 0.25) is 0 Å². The Morgan fingerprint density at radius 2 is 1.87 bits per heavy atom. The highest BCUT2D eigenvalue weighted by Crippen LogP contribution is 2.12. The van der Waals surface area contributed by atoms with Crippen LogP contribution in [-0.4, -0.2) is 38.6 Å². The number of benzene rings is 1. The molecule has 1 rings (SSSR count). The molecule has 0 fully saturated rings. The van der Waals surface area contributed by atoms with Gasteiger partial charge in [-0.2, -0.15) is 0 Å². The van der Waals surface area contributed by atoms with Crippen molar-refractivity contribution in [3.8, 4) is 5.75 Å². The van der Waals surface area contributed by atoms with E-state index < -0.39 is 5.91 Å². The van der Waals surface area contributed by atoms with E-state index in [0.717, 1.165) is 31.9 Å². The summed E-state index contributed by atoms with van der Waals surface area (Å²) in [4.78, 5) is 14.9. The van der Waals surface area contributed by atoms with Crippen molar-refractivity contribution < 1.29 is 9.53 Å². The Morgan fingerprint density at radius 3 is 2.43 bits per heavy atom. The standard InChI is InChI=1S/C17H28N4O2/c1-13(2)8-10-20-17(19-3)21-11-9-14-4-6-15(7-5-14)23-12-16(18)22/h4-7,13H,8-12H2,1-3H3,(H2,18,22)(H2,19,20,21). The molecule has 0 radical (unpaired) electrons. The predicted octanol–water partition coefficient (Wildman–Crippen LogP) is 1.30. The molecule has 0 saturated carbocycles. The maximum atomic E-state index is 10.7. The Hall–Kier alpha value is -2.24. The molecule has 0 aliphatic rings. The molecule has 0 aliphatic carbocycles. The molecule has 128 valence electrons. The molecule has 1 aromatic rings. The number of nitrogens with one attached hydrogen (secondary N) is 2. The summed E-state index contributed by atoms with van der Waals surface area (Å²) in [6.07, 6.45) is 1.99. The van der Waals surface area contributed by atoms with E-state index in [9.17, 15) is 4.79 Å². The lowest BCUT2D eigenvalue weighted by atomic mass is 10.1. The molecular weight excluding hydrogens is 292 g/mol. The summed E-state index contributed by atoms with van der Waals surface area (Å²) in [5.74, 6) is 1.67. The summed E-state index contributed by atoms with van der Waals surface area (Å²) in [5, 5.41) is 6.59. The van der Waals surface area contributed by atoms with Gasteiger partial charge in [-0.3, -0.25) is 9.79 Å². The number of ether oxygens (including phenoxy) is 1. The highest BCUT2D eigenvalue weighted by Gasteiger charge is 2.01. The van der Waals surface area contributed by atoms with Crippen molar-refractivity contribution >= 4 is 11.9 Å². The van der Waals surface area contributed by atoms with E-state index in [0.29, 0.717) is 11.7 Å². The van der Waals surface area contributed by atoms with Crippen molar-refractivity contribution in [2.75, 3.05) is 26.7 Å². The lowest BCUT2D eigenvalue weighted by molar-refractivity contribution is -0.119. The van der Waals surface area contributed by atoms with E-state index in [1.165, 1.54) is 5.56 Å². The van der Waals surface area contributed by atoms with Crippen LogP contribution >= 0.6 is 0 Å². The van der Waals surface area contributed by atoms with Gasteiger partial charge in [0.15, 0.2) is 12.6 Å². The van der Waals surface area contributed by atoms with Gasteiger partial charge in [-0.15, -0.1) is 0 Å². The second-order valence-electron chi connectivity index (χ2n) is 5.76. The van der Waals surface area contributed by atoms with Gasteiger partial charge in [0.2, 0.25) is 0 Å². The molecule has 0 unspecified atom stereocenters. The van der Waals surface area contributed by atoms with Gasteiger partial charge in [0.05, 0.1) is 0 Å². The Kier molecular flexibility index (Phi) is 8.57. The largest absolute Gasteiger partial charge is 0.484 e. The molecular formula is C17H28N4O2. The molecule has 23 heavy (non-hydrogen) atoms. The minimum atomic E-state index is -0.477. The summed E-state index contributed by atoms with van der Waals surface area (Å²) >= 11 is 0. The number of carbonyl (C=O) groups is 1. The molecule has 0 aliphatic heterocycles. The van der Waals surface area contributed by atoms with E-state index in [1.54, 1.807) is 7.05 Å². The second-order valence-corrected chi connectivity index (χ2v) is 5.76. The van der Waals surface area contributed by atoms with E-state index in [4.69, 9.17) is 10.5 Å². The number of rotatable bonds is 9. The first-order valence-corrected chi connectivity index (χ1v) is 7.95. The molecule has 4 N–H and O–H groups in total. The summed E-state index contributed by atoms with van der Waals surface area (Å²) in [6, 6.07) is 7.64. The molecule has 0 saturated heterocycles. The third-order valence-electron chi connectivity index (χ3n) is 3.25. The third kappa shape index (κ3) is 8.70. The van der Waals surface area contributed by atoms with Crippen LogP contribution < -0.4 is 21.1 Å². The van der Waals surface area contributed by atoms with Crippen LogP contribution in [0.25, 0.3) is 0 Å². The summed E-state index contributed by atoms with van der Waals surface area (Å²) in [6.45, 7) is 6.02. The molecule has 0 spiro atoms. The normalized spacial score (nSPS) is 11.4. The maximum Gasteiger partial charge on any atom is 0.255 e. The van der Waals surface area contributed by atoms with E-state index in [-0.39, 0.29) is 6.61 Å². The first-order valence-electron chi connectivity index (χ1n) is 7.95. The van der Waals surface area contributed by atoms with Crippen molar-refractivity contribution in [3.63, 3.8) is 0 Å². The van der Waals surface area contributed by atoms with Gasteiger partial charge in [0, 0.05) is 20.1 Å². The fraction of sp³-hybridized carbons (Fsp3) is 0.529. The summed E-state index contributed by atoms with van der Waals surface area (Å²) in [7, 11) is 1.77. The molecule has 1 aromatic carbocycles.